The van der Waals surface area contributed by atoms with Crippen LogP contribution < -0.4 is 10.6 Å². The summed E-state index contributed by atoms with van der Waals surface area (Å²) in [5, 5.41) is 4.11. The normalized spacial score (nSPS) is 19.4. The van der Waals surface area contributed by atoms with Crippen molar-refractivity contribution < 1.29 is 4.74 Å². The summed E-state index contributed by atoms with van der Waals surface area (Å²) in [7, 11) is -0.605. The number of benzene rings is 2. The van der Waals surface area contributed by atoms with Gasteiger partial charge in [0.15, 0.2) is 0 Å². The van der Waals surface area contributed by atoms with Crippen molar-refractivity contribution in [3.8, 4) is 0 Å². The Bertz CT molecular complexity index is 813. The molecule has 2 aromatic rings. The topological polar surface area (TPSA) is 21.6 Å². The fraction of sp³-hybridized carbons (Fsp3) is 0.261. The molecule has 0 spiro atoms. The highest BCUT2D eigenvalue weighted by molar-refractivity contribution is 7.77. The van der Waals surface area contributed by atoms with Gasteiger partial charge in [-0.3, -0.25) is 0 Å². The van der Waals surface area contributed by atoms with Gasteiger partial charge in [0.2, 0.25) is 5.90 Å². The van der Waals surface area contributed by atoms with E-state index in [1.54, 1.807) is 0 Å². The van der Waals surface area contributed by atoms with E-state index >= 15 is 0 Å². The smallest absolute Gasteiger partial charge is 0.213 e. The molecule has 0 saturated heterocycles. The monoisotopic (exact) mass is 361 g/mol. The quantitative estimate of drug-likeness (QED) is 0.702. The van der Waals surface area contributed by atoms with Gasteiger partial charge < -0.3 is 4.74 Å². The highest BCUT2D eigenvalue weighted by Gasteiger charge is 2.30. The lowest BCUT2D eigenvalue weighted by Gasteiger charge is -2.21. The molecule has 0 bridgehead atoms. The van der Waals surface area contributed by atoms with Gasteiger partial charge in [-0.15, -0.1) is 0 Å². The van der Waals surface area contributed by atoms with Crippen molar-refractivity contribution in [2.45, 2.75) is 26.3 Å². The van der Waals surface area contributed by atoms with E-state index in [1.165, 1.54) is 21.5 Å². The van der Waals surface area contributed by atoms with Gasteiger partial charge in [0.1, 0.15) is 6.61 Å². The molecule has 0 amide bonds. The number of nitrogens with zero attached hydrogens (tertiary/aromatic N) is 1. The Kier molecular flexibility index (Phi) is 5.04. The number of ether oxygens (including phenoxy) is 1. The van der Waals surface area contributed by atoms with E-state index in [2.05, 4.69) is 86.7 Å². The standard InChI is InChI=1S/C23H24NOP/c1-17(2)21-16-25-23(24-21)20-14-9-15-22(20)26(18-10-5-3-6-11-18)19-12-7-4-8-13-19/h3-13,15,17,21H,14,16H2,1-2H3. The zero-order valence-corrected chi connectivity index (χ0v) is 16.2. The maximum absolute atomic E-state index is 6.03. The molecular weight excluding hydrogens is 337 g/mol. The number of hydrogen-bond donors (Lipinski definition) is 0. The van der Waals surface area contributed by atoms with Crippen molar-refractivity contribution in [1.29, 1.82) is 0 Å². The number of hydrogen-bond acceptors (Lipinski definition) is 2. The van der Waals surface area contributed by atoms with Crippen molar-refractivity contribution in [3.63, 3.8) is 0 Å². The fourth-order valence-electron chi connectivity index (χ4n) is 3.38. The van der Waals surface area contributed by atoms with Crippen LogP contribution in [0, 0.1) is 5.92 Å². The zero-order chi connectivity index (χ0) is 17.9. The van der Waals surface area contributed by atoms with Gasteiger partial charge in [0.05, 0.1) is 6.04 Å². The van der Waals surface area contributed by atoms with Crippen LogP contribution in [0.1, 0.15) is 20.3 Å². The number of allylic oxidation sites excluding steroid dienone is 3. The molecule has 1 aliphatic carbocycles. The van der Waals surface area contributed by atoms with Crippen LogP contribution in [0.25, 0.3) is 0 Å². The highest BCUT2D eigenvalue weighted by atomic mass is 31.1. The highest BCUT2D eigenvalue weighted by Crippen LogP contribution is 2.48. The molecular formula is C23H24NOP. The first kappa shape index (κ1) is 17.2. The van der Waals surface area contributed by atoms with E-state index in [1.807, 2.05) is 0 Å². The fourth-order valence-corrected chi connectivity index (χ4v) is 5.88. The minimum Gasteiger partial charge on any atom is -0.475 e. The first-order valence-corrected chi connectivity index (χ1v) is 10.6. The van der Waals surface area contributed by atoms with Gasteiger partial charge in [-0.2, -0.15) is 0 Å². The van der Waals surface area contributed by atoms with Crippen LogP contribution in [-0.4, -0.2) is 18.5 Å². The van der Waals surface area contributed by atoms with Crippen molar-refractivity contribution in [2.75, 3.05) is 6.61 Å². The van der Waals surface area contributed by atoms with Gasteiger partial charge in [0, 0.05) is 5.57 Å². The largest absolute Gasteiger partial charge is 0.475 e. The zero-order valence-electron chi connectivity index (χ0n) is 15.3. The lowest BCUT2D eigenvalue weighted by Crippen LogP contribution is -2.14. The van der Waals surface area contributed by atoms with E-state index in [0.717, 1.165) is 12.3 Å². The van der Waals surface area contributed by atoms with Crippen LogP contribution in [0.15, 0.2) is 88.7 Å². The molecule has 26 heavy (non-hydrogen) atoms. The maximum atomic E-state index is 6.03. The second-order valence-corrected chi connectivity index (χ2v) is 9.22. The maximum Gasteiger partial charge on any atom is 0.213 e. The average Bonchev–Trinajstić information content (AvgIpc) is 3.33. The van der Waals surface area contributed by atoms with Crippen molar-refractivity contribution in [3.05, 3.63) is 83.7 Å². The van der Waals surface area contributed by atoms with Crippen molar-refractivity contribution in [1.82, 2.24) is 0 Å². The summed E-state index contributed by atoms with van der Waals surface area (Å²) in [6, 6.07) is 21.9. The molecule has 1 aliphatic heterocycles. The van der Waals surface area contributed by atoms with E-state index < -0.39 is 7.92 Å². The molecule has 132 valence electrons. The molecule has 1 unspecified atom stereocenters. The summed E-state index contributed by atoms with van der Waals surface area (Å²) in [5.41, 5.74) is 1.27. The van der Waals surface area contributed by atoms with E-state index in [-0.39, 0.29) is 6.04 Å². The van der Waals surface area contributed by atoms with Gasteiger partial charge in [0.25, 0.3) is 0 Å². The first-order valence-electron chi connectivity index (χ1n) is 9.25. The van der Waals surface area contributed by atoms with Crippen molar-refractivity contribution >= 4 is 24.4 Å². The second kappa shape index (κ2) is 7.60. The van der Waals surface area contributed by atoms with Crippen LogP contribution in [0.4, 0.5) is 0 Å². The molecule has 1 heterocycles. The molecule has 2 aliphatic rings. The third-order valence-corrected chi connectivity index (χ3v) is 7.41. The summed E-state index contributed by atoms with van der Waals surface area (Å²) in [6.07, 6.45) is 5.45. The van der Waals surface area contributed by atoms with Crippen LogP contribution in [0.5, 0.6) is 0 Å². The van der Waals surface area contributed by atoms with E-state index in [9.17, 15) is 0 Å². The Balaban J connectivity index is 1.80. The average molecular weight is 361 g/mol. The third-order valence-electron chi connectivity index (χ3n) is 4.88. The van der Waals surface area contributed by atoms with Crippen LogP contribution >= 0.6 is 7.92 Å². The first-order chi connectivity index (χ1) is 12.7. The molecule has 3 heteroatoms. The summed E-state index contributed by atoms with van der Waals surface area (Å²) in [4.78, 5) is 4.90. The molecule has 0 aromatic heterocycles. The molecule has 4 rings (SSSR count). The predicted octanol–water partition coefficient (Wildman–Crippen LogP) is 4.79. The van der Waals surface area contributed by atoms with Gasteiger partial charge in [-0.25, -0.2) is 4.99 Å². The Morgan fingerprint density at radius 3 is 2.12 bits per heavy atom. The van der Waals surface area contributed by atoms with Crippen LogP contribution in [0.3, 0.4) is 0 Å². The lowest BCUT2D eigenvalue weighted by molar-refractivity contribution is 0.291. The molecule has 0 N–H and O–H groups in total. The van der Waals surface area contributed by atoms with Gasteiger partial charge >= 0.3 is 0 Å². The van der Waals surface area contributed by atoms with E-state index in [4.69, 9.17) is 9.73 Å². The predicted molar refractivity (Wildman–Crippen MR) is 112 cm³/mol. The third kappa shape index (κ3) is 3.39. The van der Waals surface area contributed by atoms with Gasteiger partial charge in [-0.05, 0) is 36.2 Å². The number of rotatable bonds is 5. The SMILES string of the molecule is CC(C)C1COC(C2=C(P(c3ccccc3)c3ccccc3)C=CC2)=N1. The number of aliphatic imine (C=N–C) groups is 1. The summed E-state index contributed by atoms with van der Waals surface area (Å²) in [5.74, 6) is 1.37. The molecule has 2 nitrogen and oxygen atoms in total. The van der Waals surface area contributed by atoms with E-state index in [0.29, 0.717) is 12.5 Å². The molecule has 0 radical (unpaired) electrons. The van der Waals surface area contributed by atoms with Crippen LogP contribution in [0.2, 0.25) is 0 Å². The van der Waals surface area contributed by atoms with Crippen LogP contribution in [-0.2, 0) is 4.74 Å². The minimum absolute atomic E-state index is 0.277. The Morgan fingerprint density at radius 2 is 1.58 bits per heavy atom. The molecule has 2 aromatic carbocycles. The van der Waals surface area contributed by atoms with Gasteiger partial charge in [-0.1, -0.05) is 86.7 Å². The molecule has 0 saturated carbocycles. The second-order valence-electron chi connectivity index (χ2n) is 7.03. The Labute approximate surface area is 157 Å². The molecule has 1 atom stereocenters. The Morgan fingerprint density at radius 1 is 0.962 bits per heavy atom. The minimum atomic E-state index is -0.605. The lowest BCUT2D eigenvalue weighted by atomic mass is 10.1. The summed E-state index contributed by atoms with van der Waals surface area (Å²) in [6.45, 7) is 5.13. The van der Waals surface area contributed by atoms with Crippen molar-refractivity contribution in [2.24, 2.45) is 10.9 Å². The summed E-state index contributed by atoms with van der Waals surface area (Å²) >= 11 is 0. The summed E-state index contributed by atoms with van der Waals surface area (Å²) < 4.78 is 6.03. The molecule has 0 fully saturated rings. The Hall–Kier alpha value is -2.18.